The lowest BCUT2D eigenvalue weighted by Crippen LogP contribution is -2.28. The lowest BCUT2D eigenvalue weighted by Gasteiger charge is -2.19. The van der Waals surface area contributed by atoms with Gasteiger partial charge in [0.1, 0.15) is 17.7 Å². The summed E-state index contributed by atoms with van der Waals surface area (Å²) in [7, 11) is 1.40. The fourth-order valence-corrected chi connectivity index (χ4v) is 1.88. The lowest BCUT2D eigenvalue weighted by atomic mass is 10.1. The molecule has 1 amide bonds. The van der Waals surface area contributed by atoms with Crippen LogP contribution in [0.3, 0.4) is 0 Å². The molecule has 2 aromatic rings. The Morgan fingerprint density at radius 2 is 1.90 bits per heavy atom. The van der Waals surface area contributed by atoms with Crippen molar-refractivity contribution in [2.75, 3.05) is 17.7 Å². The molecule has 0 spiro atoms. The van der Waals surface area contributed by atoms with Crippen LogP contribution < -0.4 is 10.6 Å². The van der Waals surface area contributed by atoms with E-state index < -0.39 is 17.5 Å². The molecule has 2 rings (SSSR count). The SMILES string of the molecule is CN(C(=O)c1cc(N)c(F)cc1F)c1ccccc1C#N. The molecule has 106 valence electrons. The largest absolute Gasteiger partial charge is 0.396 e. The monoisotopic (exact) mass is 287 g/mol. The van der Waals surface area contributed by atoms with E-state index in [4.69, 9.17) is 11.0 Å². The number of para-hydroxylation sites is 1. The Bertz CT molecular complexity index is 753. The highest BCUT2D eigenvalue weighted by molar-refractivity contribution is 6.07. The van der Waals surface area contributed by atoms with Gasteiger partial charge in [-0.25, -0.2) is 8.78 Å². The lowest BCUT2D eigenvalue weighted by molar-refractivity contribution is 0.0989. The van der Waals surface area contributed by atoms with Crippen LogP contribution in [0.15, 0.2) is 36.4 Å². The summed E-state index contributed by atoms with van der Waals surface area (Å²) in [5.74, 6) is -2.65. The van der Waals surface area contributed by atoms with Gasteiger partial charge in [0, 0.05) is 13.1 Å². The second-order valence-electron chi connectivity index (χ2n) is 4.35. The fourth-order valence-electron chi connectivity index (χ4n) is 1.88. The molecule has 21 heavy (non-hydrogen) atoms. The van der Waals surface area contributed by atoms with Crippen molar-refractivity contribution in [3.8, 4) is 6.07 Å². The molecule has 0 bridgehead atoms. The van der Waals surface area contributed by atoms with Crippen molar-refractivity contribution < 1.29 is 13.6 Å². The van der Waals surface area contributed by atoms with Gasteiger partial charge in [-0.15, -0.1) is 0 Å². The van der Waals surface area contributed by atoms with Crippen molar-refractivity contribution in [2.45, 2.75) is 0 Å². The Labute approximate surface area is 120 Å². The van der Waals surface area contributed by atoms with Crippen LogP contribution in [-0.4, -0.2) is 13.0 Å². The average molecular weight is 287 g/mol. The van der Waals surface area contributed by atoms with Crippen molar-refractivity contribution in [3.63, 3.8) is 0 Å². The maximum atomic E-state index is 13.7. The van der Waals surface area contributed by atoms with Crippen LogP contribution in [0, 0.1) is 23.0 Å². The third-order valence-electron chi connectivity index (χ3n) is 3.01. The normalized spacial score (nSPS) is 10.0. The Kier molecular flexibility index (Phi) is 3.85. The molecule has 0 heterocycles. The van der Waals surface area contributed by atoms with Gasteiger partial charge in [-0.1, -0.05) is 12.1 Å². The first-order chi connectivity index (χ1) is 9.95. The first-order valence-corrected chi connectivity index (χ1v) is 5.97. The molecule has 0 saturated heterocycles. The molecular weight excluding hydrogens is 276 g/mol. The summed E-state index contributed by atoms with van der Waals surface area (Å²) in [6, 6.07) is 9.84. The number of rotatable bonds is 2. The van der Waals surface area contributed by atoms with Gasteiger partial charge in [-0.3, -0.25) is 4.79 Å². The maximum Gasteiger partial charge on any atom is 0.261 e. The minimum Gasteiger partial charge on any atom is -0.396 e. The number of nitrogen functional groups attached to an aromatic ring is 1. The first-order valence-electron chi connectivity index (χ1n) is 5.97. The van der Waals surface area contributed by atoms with E-state index in [1.807, 2.05) is 6.07 Å². The Morgan fingerprint density at radius 1 is 1.24 bits per heavy atom. The predicted molar refractivity (Wildman–Crippen MR) is 74.7 cm³/mol. The quantitative estimate of drug-likeness (QED) is 0.863. The third kappa shape index (κ3) is 2.67. The van der Waals surface area contributed by atoms with Crippen molar-refractivity contribution in [2.24, 2.45) is 0 Å². The number of carbonyl (C=O) groups is 1. The Morgan fingerprint density at radius 3 is 2.57 bits per heavy atom. The van der Waals surface area contributed by atoms with Crippen molar-refractivity contribution in [1.29, 1.82) is 5.26 Å². The molecule has 6 heteroatoms. The number of hydrogen-bond acceptors (Lipinski definition) is 3. The summed E-state index contributed by atoms with van der Waals surface area (Å²) in [6.45, 7) is 0. The number of hydrogen-bond donors (Lipinski definition) is 1. The average Bonchev–Trinajstić information content (AvgIpc) is 2.49. The smallest absolute Gasteiger partial charge is 0.261 e. The van der Waals surface area contributed by atoms with E-state index in [1.54, 1.807) is 18.2 Å². The van der Waals surface area contributed by atoms with E-state index in [1.165, 1.54) is 13.1 Å². The molecule has 0 aliphatic rings. The molecular formula is C15H11F2N3O. The van der Waals surface area contributed by atoms with E-state index in [9.17, 15) is 13.6 Å². The molecule has 4 nitrogen and oxygen atoms in total. The van der Waals surface area contributed by atoms with Crippen molar-refractivity contribution in [3.05, 3.63) is 59.2 Å². The standard InChI is InChI=1S/C15H11F2N3O/c1-20(14-5-3-2-4-9(14)8-18)15(21)10-6-13(19)12(17)7-11(10)16/h2-7H,19H2,1H3. The zero-order valence-corrected chi connectivity index (χ0v) is 11.1. The number of nitriles is 1. The molecule has 0 atom stereocenters. The van der Waals surface area contributed by atoms with Gasteiger partial charge >= 0.3 is 0 Å². The summed E-state index contributed by atoms with van der Waals surface area (Å²) >= 11 is 0. The summed E-state index contributed by atoms with van der Waals surface area (Å²) in [6.07, 6.45) is 0. The van der Waals surface area contributed by atoms with Gasteiger partial charge < -0.3 is 10.6 Å². The molecule has 0 radical (unpaired) electrons. The predicted octanol–water partition coefficient (Wildman–Crippen LogP) is 2.70. The first kappa shape index (κ1) is 14.5. The van der Waals surface area contributed by atoms with Crippen LogP contribution in [-0.2, 0) is 0 Å². The number of nitrogens with two attached hydrogens (primary N) is 1. The number of amides is 1. The highest BCUT2D eigenvalue weighted by Crippen LogP contribution is 2.23. The summed E-state index contributed by atoms with van der Waals surface area (Å²) in [4.78, 5) is 13.4. The van der Waals surface area contributed by atoms with Crippen LogP contribution in [0.4, 0.5) is 20.2 Å². The number of anilines is 2. The van der Waals surface area contributed by atoms with E-state index in [0.29, 0.717) is 11.8 Å². The molecule has 0 aromatic heterocycles. The van der Waals surface area contributed by atoms with Gasteiger partial charge in [0.25, 0.3) is 5.91 Å². The van der Waals surface area contributed by atoms with Crippen molar-refractivity contribution in [1.82, 2.24) is 0 Å². The summed E-state index contributed by atoms with van der Waals surface area (Å²) < 4.78 is 26.9. The van der Waals surface area contributed by atoms with E-state index >= 15 is 0 Å². The van der Waals surface area contributed by atoms with E-state index in [-0.39, 0.29) is 16.8 Å². The topological polar surface area (TPSA) is 70.1 Å². The zero-order chi connectivity index (χ0) is 15.6. The van der Waals surface area contributed by atoms with Gasteiger partial charge in [0.2, 0.25) is 0 Å². The Hall–Kier alpha value is -2.94. The highest BCUT2D eigenvalue weighted by atomic mass is 19.1. The van der Waals surface area contributed by atoms with Crippen LogP contribution in [0.1, 0.15) is 15.9 Å². The molecule has 2 aromatic carbocycles. The van der Waals surface area contributed by atoms with Crippen molar-refractivity contribution >= 4 is 17.3 Å². The molecule has 2 N–H and O–H groups in total. The number of nitrogens with zero attached hydrogens (tertiary/aromatic N) is 2. The van der Waals surface area contributed by atoms with E-state index in [0.717, 1.165) is 11.0 Å². The molecule has 0 fully saturated rings. The molecule has 0 saturated carbocycles. The van der Waals surface area contributed by atoms with Crippen LogP contribution in [0.2, 0.25) is 0 Å². The van der Waals surface area contributed by atoms with Gasteiger partial charge in [0.05, 0.1) is 22.5 Å². The minimum atomic E-state index is -1.01. The van der Waals surface area contributed by atoms with Gasteiger partial charge in [0.15, 0.2) is 0 Å². The number of benzene rings is 2. The minimum absolute atomic E-state index is 0.267. The Balaban J connectivity index is 2.45. The van der Waals surface area contributed by atoms with E-state index in [2.05, 4.69) is 0 Å². The highest BCUT2D eigenvalue weighted by Gasteiger charge is 2.21. The van der Waals surface area contributed by atoms with Crippen LogP contribution >= 0.6 is 0 Å². The third-order valence-corrected chi connectivity index (χ3v) is 3.01. The van der Waals surface area contributed by atoms with Gasteiger partial charge in [-0.2, -0.15) is 5.26 Å². The molecule has 0 aliphatic heterocycles. The number of carbonyl (C=O) groups excluding carboxylic acids is 1. The van der Waals surface area contributed by atoms with Crippen LogP contribution in [0.25, 0.3) is 0 Å². The van der Waals surface area contributed by atoms with Gasteiger partial charge in [-0.05, 0) is 18.2 Å². The second-order valence-corrected chi connectivity index (χ2v) is 4.35. The van der Waals surface area contributed by atoms with Crippen LogP contribution in [0.5, 0.6) is 0 Å². The summed E-state index contributed by atoms with van der Waals surface area (Å²) in [5, 5.41) is 9.02. The zero-order valence-electron chi connectivity index (χ0n) is 11.1. The maximum absolute atomic E-state index is 13.7. The summed E-state index contributed by atoms with van der Waals surface area (Å²) in [5.41, 5.74) is 5.28. The molecule has 0 aliphatic carbocycles. The molecule has 0 unspecified atom stereocenters. The number of halogens is 2. The second kappa shape index (κ2) is 5.59. The fraction of sp³-hybridized carbons (Fsp3) is 0.0667.